The van der Waals surface area contributed by atoms with Crippen molar-refractivity contribution in [3.63, 3.8) is 0 Å². The minimum atomic E-state index is -1.49. The maximum absolute atomic E-state index is 10.9. The maximum Gasteiger partial charge on any atom is 1.00 e. The van der Waals surface area contributed by atoms with Gasteiger partial charge in [0.25, 0.3) is 0 Å². The van der Waals surface area contributed by atoms with E-state index in [4.69, 9.17) is 10.0 Å². The molecule has 0 spiro atoms. The minimum Gasteiger partial charge on any atom is -1.00 e. The number of amides is 1. The summed E-state index contributed by atoms with van der Waals surface area (Å²) >= 11 is 0. The Morgan fingerprint density at radius 3 is 2.33 bits per heavy atom. The molecule has 6 heteroatoms. The third kappa shape index (κ3) is 4.64. The molecular formula is C9H11BNNaO3. The van der Waals surface area contributed by atoms with Crippen LogP contribution in [0.25, 0.3) is 0 Å². The number of benzene rings is 1. The molecule has 1 aromatic carbocycles. The second-order valence-corrected chi connectivity index (χ2v) is 2.69. The molecule has 0 bridgehead atoms. The summed E-state index contributed by atoms with van der Waals surface area (Å²) in [4.78, 5) is 10.9. The predicted molar refractivity (Wildman–Crippen MR) is 56.2 cm³/mol. The first-order chi connectivity index (χ1) is 6.63. The molecule has 0 aliphatic carbocycles. The Kier molecular flexibility index (Phi) is 6.55. The molecule has 0 saturated carbocycles. The minimum absolute atomic E-state index is 0. The number of nitrogens with one attached hydrogen (secondary N) is 1. The first kappa shape index (κ1) is 14.4. The van der Waals surface area contributed by atoms with Crippen LogP contribution >= 0.6 is 0 Å². The molecule has 0 aliphatic rings. The Morgan fingerprint density at radius 2 is 1.93 bits per heavy atom. The Bertz CT molecular complexity index is 345. The van der Waals surface area contributed by atoms with E-state index in [0.717, 1.165) is 6.08 Å². The first-order valence-corrected chi connectivity index (χ1v) is 4.03. The Labute approximate surface area is 112 Å². The molecule has 0 heterocycles. The molecule has 1 aromatic rings. The van der Waals surface area contributed by atoms with E-state index in [0.29, 0.717) is 11.2 Å². The fraction of sp³-hybridized carbons (Fsp3) is 0. The van der Waals surface area contributed by atoms with Crippen molar-refractivity contribution in [3.05, 3.63) is 36.9 Å². The Morgan fingerprint density at radius 1 is 1.40 bits per heavy atom. The Hall–Kier alpha value is -0.585. The van der Waals surface area contributed by atoms with E-state index < -0.39 is 7.12 Å². The predicted octanol–water partition coefficient (Wildman–Crippen LogP) is -3.39. The van der Waals surface area contributed by atoms with Gasteiger partial charge in [-0.25, -0.2) is 0 Å². The number of carbonyl (C=O) groups excluding carboxylic acids is 1. The van der Waals surface area contributed by atoms with Gasteiger partial charge in [-0.05, 0) is 23.7 Å². The van der Waals surface area contributed by atoms with Crippen LogP contribution in [0.2, 0.25) is 0 Å². The smallest absolute Gasteiger partial charge is 1.00 e. The average molecular weight is 215 g/mol. The van der Waals surface area contributed by atoms with Gasteiger partial charge < -0.3 is 16.8 Å². The third-order valence-electron chi connectivity index (χ3n) is 1.66. The average Bonchev–Trinajstić information content (AvgIpc) is 2.18. The molecular weight excluding hydrogens is 204 g/mol. The second kappa shape index (κ2) is 6.82. The van der Waals surface area contributed by atoms with Gasteiger partial charge in [0.05, 0.1) is 0 Å². The fourth-order valence-electron chi connectivity index (χ4n) is 0.932. The van der Waals surface area contributed by atoms with E-state index in [2.05, 4.69) is 11.9 Å². The molecule has 0 fully saturated rings. The van der Waals surface area contributed by atoms with Crippen LogP contribution < -0.4 is 40.3 Å². The summed E-state index contributed by atoms with van der Waals surface area (Å²) in [6.45, 7) is 3.31. The van der Waals surface area contributed by atoms with E-state index in [1.165, 1.54) is 12.1 Å². The van der Waals surface area contributed by atoms with Crippen LogP contribution in [0.1, 0.15) is 1.43 Å². The molecule has 15 heavy (non-hydrogen) atoms. The van der Waals surface area contributed by atoms with E-state index in [-0.39, 0.29) is 36.9 Å². The molecule has 0 radical (unpaired) electrons. The molecule has 0 atom stereocenters. The van der Waals surface area contributed by atoms with Gasteiger partial charge in [0.2, 0.25) is 5.91 Å². The maximum atomic E-state index is 10.9. The number of hydrogen-bond donors (Lipinski definition) is 3. The summed E-state index contributed by atoms with van der Waals surface area (Å²) in [6, 6.07) is 6.19. The normalized spacial score (nSPS) is 8.67. The van der Waals surface area contributed by atoms with Crippen LogP contribution in [-0.2, 0) is 4.79 Å². The molecule has 74 valence electrons. The van der Waals surface area contributed by atoms with E-state index in [1.807, 2.05) is 0 Å². The van der Waals surface area contributed by atoms with Gasteiger partial charge >= 0.3 is 36.7 Å². The van der Waals surface area contributed by atoms with Crippen molar-refractivity contribution in [1.82, 2.24) is 0 Å². The quantitative estimate of drug-likeness (QED) is 0.363. The van der Waals surface area contributed by atoms with Crippen molar-refractivity contribution < 1.29 is 45.8 Å². The monoisotopic (exact) mass is 215 g/mol. The molecule has 0 unspecified atom stereocenters. The SMILES string of the molecule is C=CC(=O)Nc1ccc(B(O)O)cc1.[H-].[Na+]. The molecule has 3 N–H and O–H groups in total. The van der Waals surface area contributed by atoms with E-state index in [9.17, 15) is 4.79 Å². The standard InChI is InChI=1S/C9H10BNO3.Na.H/c1-2-9(12)11-8-5-3-7(4-6-8)10(13)14;;/h2-6,13-14H,1H2,(H,11,12);;/q;+1;-1. The van der Waals surface area contributed by atoms with Gasteiger partial charge in [-0.3, -0.25) is 4.79 Å². The van der Waals surface area contributed by atoms with Crippen molar-refractivity contribution in [2.45, 2.75) is 0 Å². The molecule has 0 aliphatic heterocycles. The number of carbonyl (C=O) groups is 1. The van der Waals surface area contributed by atoms with Gasteiger partial charge in [-0.15, -0.1) is 0 Å². The van der Waals surface area contributed by atoms with Crippen LogP contribution in [0.4, 0.5) is 5.69 Å². The summed E-state index contributed by atoms with van der Waals surface area (Å²) in [6.07, 6.45) is 1.16. The van der Waals surface area contributed by atoms with Crippen LogP contribution in [0.3, 0.4) is 0 Å². The van der Waals surface area contributed by atoms with Crippen LogP contribution in [0, 0.1) is 0 Å². The first-order valence-electron chi connectivity index (χ1n) is 4.03. The van der Waals surface area contributed by atoms with Crippen molar-refractivity contribution >= 4 is 24.2 Å². The molecule has 1 rings (SSSR count). The molecule has 0 saturated heterocycles. The Balaban J connectivity index is 0. The van der Waals surface area contributed by atoms with E-state index >= 15 is 0 Å². The van der Waals surface area contributed by atoms with Crippen LogP contribution in [0.5, 0.6) is 0 Å². The third-order valence-corrected chi connectivity index (χ3v) is 1.66. The zero-order valence-corrected chi connectivity index (χ0v) is 10.5. The largest absolute Gasteiger partial charge is 1.00 e. The van der Waals surface area contributed by atoms with Gasteiger partial charge in [-0.1, -0.05) is 18.7 Å². The van der Waals surface area contributed by atoms with Gasteiger partial charge in [0.1, 0.15) is 0 Å². The van der Waals surface area contributed by atoms with Crippen LogP contribution in [-0.4, -0.2) is 23.1 Å². The summed E-state index contributed by atoms with van der Waals surface area (Å²) in [5.41, 5.74) is 0.959. The summed E-state index contributed by atoms with van der Waals surface area (Å²) in [5, 5.41) is 20.1. The topological polar surface area (TPSA) is 69.6 Å². The van der Waals surface area contributed by atoms with Crippen molar-refractivity contribution in [3.8, 4) is 0 Å². The van der Waals surface area contributed by atoms with Crippen LogP contribution in [0.15, 0.2) is 36.9 Å². The molecule has 1 amide bonds. The number of anilines is 1. The molecule has 0 aromatic heterocycles. The second-order valence-electron chi connectivity index (χ2n) is 2.69. The zero-order valence-electron chi connectivity index (χ0n) is 9.47. The fourth-order valence-corrected chi connectivity index (χ4v) is 0.932. The number of hydrogen-bond acceptors (Lipinski definition) is 3. The van der Waals surface area contributed by atoms with Crippen molar-refractivity contribution in [2.75, 3.05) is 5.32 Å². The molecule has 4 nitrogen and oxygen atoms in total. The van der Waals surface area contributed by atoms with Gasteiger partial charge in [0, 0.05) is 5.69 Å². The summed E-state index contributed by atoms with van der Waals surface area (Å²) in [7, 11) is -1.49. The summed E-state index contributed by atoms with van der Waals surface area (Å²) < 4.78 is 0. The summed E-state index contributed by atoms with van der Waals surface area (Å²) in [5.74, 6) is -0.303. The van der Waals surface area contributed by atoms with E-state index in [1.54, 1.807) is 12.1 Å². The van der Waals surface area contributed by atoms with Crippen molar-refractivity contribution in [2.24, 2.45) is 0 Å². The van der Waals surface area contributed by atoms with Gasteiger partial charge in [-0.2, -0.15) is 0 Å². The van der Waals surface area contributed by atoms with Crippen molar-refractivity contribution in [1.29, 1.82) is 0 Å². The number of rotatable bonds is 3. The van der Waals surface area contributed by atoms with Gasteiger partial charge in [0.15, 0.2) is 0 Å². The zero-order chi connectivity index (χ0) is 10.6.